The van der Waals surface area contributed by atoms with Crippen LogP contribution in [0.3, 0.4) is 0 Å². The van der Waals surface area contributed by atoms with E-state index >= 15 is 0 Å². The van der Waals surface area contributed by atoms with Gasteiger partial charge in [0.2, 0.25) is 0 Å². The van der Waals surface area contributed by atoms with Crippen molar-refractivity contribution in [2.75, 3.05) is 11.1 Å². The van der Waals surface area contributed by atoms with E-state index in [1.807, 2.05) is 0 Å². The topological polar surface area (TPSA) is 91.8 Å². The molecule has 0 aliphatic carbocycles. The summed E-state index contributed by atoms with van der Waals surface area (Å²) >= 11 is 0. The van der Waals surface area contributed by atoms with Crippen LogP contribution < -0.4 is 11.1 Å². The first kappa shape index (κ1) is 12.5. The molecule has 0 radical (unpaired) electrons. The van der Waals surface area contributed by atoms with E-state index in [1.165, 1.54) is 18.3 Å². The highest BCUT2D eigenvalue weighted by molar-refractivity contribution is 6.06. The number of carbonyl (C=O) groups is 1. The monoisotopic (exact) mass is 256 g/mol. The van der Waals surface area contributed by atoms with Crippen LogP contribution in [0.15, 0.2) is 36.5 Å². The summed E-state index contributed by atoms with van der Waals surface area (Å²) in [4.78, 5) is 15.7. The molecule has 3 N–H and O–H groups in total. The van der Waals surface area contributed by atoms with Gasteiger partial charge in [0.15, 0.2) is 5.69 Å². The van der Waals surface area contributed by atoms with E-state index in [2.05, 4.69) is 10.3 Å². The Morgan fingerprint density at radius 2 is 2.21 bits per heavy atom. The van der Waals surface area contributed by atoms with Gasteiger partial charge in [0.05, 0.1) is 11.3 Å². The van der Waals surface area contributed by atoms with Gasteiger partial charge in [0, 0.05) is 11.9 Å². The Hall–Kier alpha value is -2.94. The predicted molar refractivity (Wildman–Crippen MR) is 67.7 cm³/mol. The zero-order valence-corrected chi connectivity index (χ0v) is 9.72. The van der Waals surface area contributed by atoms with Gasteiger partial charge in [-0.3, -0.25) is 4.79 Å². The third-order valence-electron chi connectivity index (χ3n) is 2.40. The summed E-state index contributed by atoms with van der Waals surface area (Å²) in [5.41, 5.74) is 6.09. The Morgan fingerprint density at radius 3 is 2.89 bits per heavy atom. The summed E-state index contributed by atoms with van der Waals surface area (Å²) in [6, 6.07) is 8.56. The van der Waals surface area contributed by atoms with Crippen molar-refractivity contribution < 1.29 is 9.18 Å². The van der Waals surface area contributed by atoms with E-state index in [-0.39, 0.29) is 16.9 Å². The molecular formula is C13H9FN4O. The average Bonchev–Trinajstić information content (AvgIpc) is 2.41. The smallest absolute Gasteiger partial charge is 0.276 e. The standard InChI is InChI=1S/C13H9FN4O/c14-10-4-3-9(6-8(10)7-15)18-13(19)12-11(16)2-1-5-17-12/h1-6H,16H2,(H,18,19). The number of benzene rings is 1. The number of aromatic nitrogens is 1. The first-order valence-electron chi connectivity index (χ1n) is 5.33. The maximum absolute atomic E-state index is 13.1. The minimum Gasteiger partial charge on any atom is -0.397 e. The highest BCUT2D eigenvalue weighted by Crippen LogP contribution is 2.16. The Labute approximate surface area is 108 Å². The maximum atomic E-state index is 13.1. The minimum atomic E-state index is -0.641. The van der Waals surface area contributed by atoms with E-state index in [1.54, 1.807) is 18.2 Å². The van der Waals surface area contributed by atoms with Crippen molar-refractivity contribution in [1.82, 2.24) is 4.98 Å². The Bertz CT molecular complexity index is 679. The summed E-state index contributed by atoms with van der Waals surface area (Å²) < 4.78 is 13.1. The Kier molecular flexibility index (Phi) is 3.39. The maximum Gasteiger partial charge on any atom is 0.276 e. The molecule has 1 aromatic heterocycles. The molecule has 0 aliphatic heterocycles. The van der Waals surface area contributed by atoms with Gasteiger partial charge < -0.3 is 11.1 Å². The molecule has 0 saturated carbocycles. The van der Waals surface area contributed by atoms with Crippen LogP contribution in [0, 0.1) is 17.1 Å². The molecule has 19 heavy (non-hydrogen) atoms. The third kappa shape index (κ3) is 2.66. The second kappa shape index (κ2) is 5.14. The van der Waals surface area contributed by atoms with Crippen LogP contribution >= 0.6 is 0 Å². The molecule has 0 aliphatic rings. The van der Waals surface area contributed by atoms with Crippen molar-refractivity contribution in [2.45, 2.75) is 0 Å². The average molecular weight is 256 g/mol. The number of hydrogen-bond donors (Lipinski definition) is 2. The van der Waals surface area contributed by atoms with Crippen LogP contribution in [0.5, 0.6) is 0 Å². The fraction of sp³-hybridized carbons (Fsp3) is 0. The highest BCUT2D eigenvalue weighted by Gasteiger charge is 2.12. The summed E-state index contributed by atoms with van der Waals surface area (Å²) in [5.74, 6) is -1.16. The molecule has 1 amide bonds. The lowest BCUT2D eigenvalue weighted by Gasteiger charge is -2.06. The first-order chi connectivity index (χ1) is 9.11. The van der Waals surface area contributed by atoms with Crippen molar-refractivity contribution in [1.29, 1.82) is 5.26 Å². The molecule has 0 bridgehead atoms. The lowest BCUT2D eigenvalue weighted by Crippen LogP contribution is -2.15. The number of halogens is 1. The first-order valence-corrected chi connectivity index (χ1v) is 5.33. The van der Waals surface area contributed by atoms with Gasteiger partial charge in [0.1, 0.15) is 11.9 Å². The molecule has 1 aromatic carbocycles. The van der Waals surface area contributed by atoms with Gasteiger partial charge in [-0.15, -0.1) is 0 Å². The molecule has 0 unspecified atom stereocenters. The second-order valence-electron chi connectivity index (χ2n) is 3.70. The van der Waals surface area contributed by atoms with Crippen molar-refractivity contribution >= 4 is 17.3 Å². The van der Waals surface area contributed by atoms with E-state index in [4.69, 9.17) is 11.0 Å². The summed E-state index contributed by atoms with van der Waals surface area (Å²) in [5, 5.41) is 11.2. The number of nitrogens with one attached hydrogen (secondary N) is 1. The van der Waals surface area contributed by atoms with Gasteiger partial charge in [-0.1, -0.05) is 0 Å². The quantitative estimate of drug-likeness (QED) is 0.858. The number of nitrogens with two attached hydrogens (primary N) is 1. The summed E-state index contributed by atoms with van der Waals surface area (Å²) in [6.07, 6.45) is 1.44. The number of hydrogen-bond acceptors (Lipinski definition) is 4. The van der Waals surface area contributed by atoms with Gasteiger partial charge in [-0.25, -0.2) is 9.37 Å². The molecular weight excluding hydrogens is 247 g/mol. The van der Waals surface area contributed by atoms with Crippen molar-refractivity contribution in [3.8, 4) is 6.07 Å². The molecule has 0 spiro atoms. The summed E-state index contributed by atoms with van der Waals surface area (Å²) in [7, 11) is 0. The van der Waals surface area contributed by atoms with Crippen LogP contribution in [0.1, 0.15) is 16.1 Å². The molecule has 0 fully saturated rings. The molecule has 0 saturated heterocycles. The highest BCUT2D eigenvalue weighted by atomic mass is 19.1. The number of carbonyl (C=O) groups excluding carboxylic acids is 1. The molecule has 1 heterocycles. The van der Waals surface area contributed by atoms with Gasteiger partial charge >= 0.3 is 0 Å². The lowest BCUT2D eigenvalue weighted by molar-refractivity contribution is 0.102. The van der Waals surface area contributed by atoms with Crippen molar-refractivity contribution in [3.63, 3.8) is 0 Å². The van der Waals surface area contributed by atoms with Gasteiger partial charge in [0.25, 0.3) is 5.91 Å². The fourth-order valence-corrected chi connectivity index (χ4v) is 1.49. The van der Waals surface area contributed by atoms with E-state index in [0.29, 0.717) is 5.69 Å². The van der Waals surface area contributed by atoms with Crippen LogP contribution in [-0.4, -0.2) is 10.9 Å². The number of nitrogens with zero attached hydrogens (tertiary/aromatic N) is 2. The van der Waals surface area contributed by atoms with Crippen LogP contribution in [-0.2, 0) is 0 Å². The molecule has 2 aromatic rings. The van der Waals surface area contributed by atoms with Crippen LogP contribution in [0.4, 0.5) is 15.8 Å². The van der Waals surface area contributed by atoms with E-state index in [9.17, 15) is 9.18 Å². The van der Waals surface area contributed by atoms with Gasteiger partial charge in [-0.2, -0.15) is 5.26 Å². The zero-order valence-electron chi connectivity index (χ0n) is 9.72. The number of nitrogen functional groups attached to an aromatic ring is 1. The number of pyridine rings is 1. The SMILES string of the molecule is N#Cc1cc(NC(=O)c2ncccc2N)ccc1F. The lowest BCUT2D eigenvalue weighted by atomic mass is 10.2. The molecule has 2 rings (SSSR count). The van der Waals surface area contributed by atoms with Crippen LogP contribution in [0.2, 0.25) is 0 Å². The number of amides is 1. The molecule has 6 heteroatoms. The van der Waals surface area contributed by atoms with Gasteiger partial charge in [-0.05, 0) is 30.3 Å². The zero-order chi connectivity index (χ0) is 13.8. The normalized spacial score (nSPS) is 9.68. The number of nitriles is 1. The predicted octanol–water partition coefficient (Wildman–Crippen LogP) is 1.93. The number of rotatable bonds is 2. The minimum absolute atomic E-state index is 0.0744. The Morgan fingerprint density at radius 1 is 1.42 bits per heavy atom. The van der Waals surface area contributed by atoms with Crippen LogP contribution in [0.25, 0.3) is 0 Å². The largest absolute Gasteiger partial charge is 0.397 e. The molecule has 0 atom stereocenters. The van der Waals surface area contributed by atoms with E-state index in [0.717, 1.165) is 6.07 Å². The fourth-order valence-electron chi connectivity index (χ4n) is 1.49. The van der Waals surface area contributed by atoms with Crippen molar-refractivity contribution in [2.24, 2.45) is 0 Å². The second-order valence-corrected chi connectivity index (χ2v) is 3.70. The molecule has 5 nitrogen and oxygen atoms in total. The Balaban J connectivity index is 2.25. The molecule has 94 valence electrons. The van der Waals surface area contributed by atoms with Crippen molar-refractivity contribution in [3.05, 3.63) is 53.6 Å². The third-order valence-corrected chi connectivity index (χ3v) is 2.40. The number of anilines is 2. The summed E-state index contributed by atoms with van der Waals surface area (Å²) in [6.45, 7) is 0. The van der Waals surface area contributed by atoms with E-state index < -0.39 is 11.7 Å².